The van der Waals surface area contributed by atoms with E-state index in [1.165, 1.54) is 0 Å². The molecule has 0 aliphatic heterocycles. The van der Waals surface area contributed by atoms with E-state index in [0.717, 1.165) is 19.3 Å². The number of hydrogen-bond acceptors (Lipinski definition) is 4. The zero-order chi connectivity index (χ0) is 13.8. The van der Waals surface area contributed by atoms with Gasteiger partial charge in [-0.1, -0.05) is 20.3 Å². The smallest absolute Gasteiger partial charge is 0.236 e. The number of carbonyl (C=O) groups is 1. The van der Waals surface area contributed by atoms with Crippen molar-refractivity contribution >= 4 is 5.91 Å². The summed E-state index contributed by atoms with van der Waals surface area (Å²) < 4.78 is 5.30. The topological polar surface area (TPSA) is 70.6 Å². The lowest BCUT2D eigenvalue weighted by Gasteiger charge is -2.17. The highest BCUT2D eigenvalue weighted by Gasteiger charge is 2.13. The van der Waals surface area contributed by atoms with Crippen LogP contribution in [-0.2, 0) is 9.53 Å². The summed E-state index contributed by atoms with van der Waals surface area (Å²) in [6.07, 6.45) is 2.45. The first kappa shape index (κ1) is 17.4. The third-order valence-corrected chi connectivity index (χ3v) is 2.55. The number of aliphatic hydroxyl groups excluding tert-OH is 1. The van der Waals surface area contributed by atoms with Crippen LogP contribution in [0.15, 0.2) is 0 Å². The number of aliphatic hydroxyl groups is 1. The predicted octanol–water partition coefficient (Wildman–Crippen LogP) is 0.668. The van der Waals surface area contributed by atoms with Crippen molar-refractivity contribution in [3.63, 3.8) is 0 Å². The highest BCUT2D eigenvalue weighted by molar-refractivity contribution is 5.81. The van der Waals surface area contributed by atoms with E-state index >= 15 is 0 Å². The average molecular weight is 260 g/mol. The van der Waals surface area contributed by atoms with E-state index in [-0.39, 0.29) is 11.9 Å². The van der Waals surface area contributed by atoms with Crippen LogP contribution in [0, 0.1) is 0 Å². The number of unbranched alkanes of at least 4 members (excludes halogenated alkanes) is 1. The molecule has 2 unspecified atom stereocenters. The Morgan fingerprint density at radius 2 is 2.06 bits per heavy atom. The first-order valence-corrected chi connectivity index (χ1v) is 6.88. The second-order valence-corrected chi connectivity index (χ2v) is 4.50. The number of nitrogens with one attached hydrogen (secondary N) is 2. The Bertz CT molecular complexity index is 212. The minimum Gasteiger partial charge on any atom is -0.389 e. The van der Waals surface area contributed by atoms with Gasteiger partial charge < -0.3 is 20.5 Å². The molecular weight excluding hydrogens is 232 g/mol. The molecule has 0 rings (SSSR count). The Labute approximate surface area is 110 Å². The van der Waals surface area contributed by atoms with E-state index in [9.17, 15) is 9.90 Å². The number of carbonyl (C=O) groups excluding carboxylic acids is 1. The Morgan fingerprint density at radius 1 is 1.33 bits per heavy atom. The molecule has 0 aliphatic carbocycles. The average Bonchev–Trinajstić information content (AvgIpc) is 2.38. The van der Waals surface area contributed by atoms with Crippen LogP contribution in [0.4, 0.5) is 0 Å². The quantitative estimate of drug-likeness (QED) is 0.478. The SMILES string of the molecule is CCCCOCC(O)CNC(C)C(=O)NCCC. The highest BCUT2D eigenvalue weighted by atomic mass is 16.5. The van der Waals surface area contributed by atoms with Gasteiger partial charge in [-0.15, -0.1) is 0 Å². The predicted molar refractivity (Wildman–Crippen MR) is 72.5 cm³/mol. The molecule has 5 heteroatoms. The lowest BCUT2D eigenvalue weighted by Crippen LogP contribution is -2.45. The van der Waals surface area contributed by atoms with E-state index in [2.05, 4.69) is 17.6 Å². The zero-order valence-corrected chi connectivity index (χ0v) is 11.9. The van der Waals surface area contributed by atoms with Gasteiger partial charge in [0, 0.05) is 19.7 Å². The maximum Gasteiger partial charge on any atom is 0.236 e. The summed E-state index contributed by atoms with van der Waals surface area (Å²) in [7, 11) is 0. The van der Waals surface area contributed by atoms with Gasteiger partial charge in [-0.2, -0.15) is 0 Å². The van der Waals surface area contributed by atoms with Crippen molar-refractivity contribution in [2.45, 2.75) is 52.2 Å². The summed E-state index contributed by atoms with van der Waals surface area (Å²) in [6.45, 7) is 7.94. The van der Waals surface area contributed by atoms with Gasteiger partial charge in [-0.3, -0.25) is 4.79 Å². The summed E-state index contributed by atoms with van der Waals surface area (Å²) in [4.78, 5) is 11.5. The highest BCUT2D eigenvalue weighted by Crippen LogP contribution is 1.91. The standard InChI is InChI=1S/C13H28N2O3/c1-4-6-8-18-10-12(16)9-15-11(3)13(17)14-7-5-2/h11-12,15-16H,4-10H2,1-3H3,(H,14,17). The molecule has 3 N–H and O–H groups in total. The second kappa shape index (κ2) is 11.4. The second-order valence-electron chi connectivity index (χ2n) is 4.50. The molecule has 0 saturated carbocycles. The van der Waals surface area contributed by atoms with Crippen molar-refractivity contribution in [1.29, 1.82) is 0 Å². The zero-order valence-electron chi connectivity index (χ0n) is 11.9. The lowest BCUT2D eigenvalue weighted by molar-refractivity contribution is -0.122. The van der Waals surface area contributed by atoms with Gasteiger partial charge >= 0.3 is 0 Å². The Kier molecular flexibility index (Phi) is 11.0. The summed E-state index contributed by atoms with van der Waals surface area (Å²) in [6, 6.07) is -0.290. The van der Waals surface area contributed by atoms with E-state index < -0.39 is 6.10 Å². The third kappa shape index (κ3) is 9.39. The van der Waals surface area contributed by atoms with Gasteiger partial charge in [-0.05, 0) is 19.8 Å². The summed E-state index contributed by atoms with van der Waals surface area (Å²) in [5, 5.41) is 15.4. The molecule has 18 heavy (non-hydrogen) atoms. The van der Waals surface area contributed by atoms with Gasteiger partial charge in [0.25, 0.3) is 0 Å². The minimum absolute atomic E-state index is 0.0315. The van der Waals surface area contributed by atoms with E-state index in [4.69, 9.17) is 4.74 Å². The molecule has 0 heterocycles. The van der Waals surface area contributed by atoms with E-state index in [1.54, 1.807) is 6.92 Å². The van der Waals surface area contributed by atoms with Crippen molar-refractivity contribution in [2.75, 3.05) is 26.3 Å². The van der Waals surface area contributed by atoms with E-state index in [0.29, 0.717) is 26.3 Å². The molecule has 0 fully saturated rings. The summed E-state index contributed by atoms with van der Waals surface area (Å²) >= 11 is 0. The first-order chi connectivity index (χ1) is 8.61. The van der Waals surface area contributed by atoms with Crippen LogP contribution in [-0.4, -0.2) is 49.5 Å². The molecule has 0 aromatic rings. The van der Waals surface area contributed by atoms with Crippen molar-refractivity contribution in [2.24, 2.45) is 0 Å². The molecule has 0 saturated heterocycles. The summed E-state index contributed by atoms with van der Waals surface area (Å²) in [5.74, 6) is -0.0315. The van der Waals surface area contributed by atoms with Crippen LogP contribution < -0.4 is 10.6 Å². The molecule has 0 spiro atoms. The van der Waals surface area contributed by atoms with Crippen LogP contribution in [0.2, 0.25) is 0 Å². The van der Waals surface area contributed by atoms with Crippen molar-refractivity contribution in [1.82, 2.24) is 10.6 Å². The van der Waals surface area contributed by atoms with Gasteiger partial charge in [0.15, 0.2) is 0 Å². The number of hydrogen-bond donors (Lipinski definition) is 3. The maximum atomic E-state index is 11.5. The van der Waals surface area contributed by atoms with Crippen molar-refractivity contribution in [3.05, 3.63) is 0 Å². The lowest BCUT2D eigenvalue weighted by atomic mass is 10.2. The molecule has 0 bridgehead atoms. The van der Waals surface area contributed by atoms with Gasteiger partial charge in [0.1, 0.15) is 0 Å². The Balaban J connectivity index is 3.57. The minimum atomic E-state index is -0.566. The number of amides is 1. The summed E-state index contributed by atoms with van der Waals surface area (Å²) in [5.41, 5.74) is 0. The fourth-order valence-electron chi connectivity index (χ4n) is 1.33. The Hall–Kier alpha value is -0.650. The van der Waals surface area contributed by atoms with Crippen LogP contribution in [0.25, 0.3) is 0 Å². The maximum absolute atomic E-state index is 11.5. The fourth-order valence-corrected chi connectivity index (χ4v) is 1.33. The van der Waals surface area contributed by atoms with Gasteiger partial charge in [-0.25, -0.2) is 0 Å². The number of ether oxygens (including phenoxy) is 1. The molecule has 5 nitrogen and oxygen atoms in total. The van der Waals surface area contributed by atoms with E-state index in [1.807, 2.05) is 6.92 Å². The monoisotopic (exact) mass is 260 g/mol. The molecule has 108 valence electrons. The first-order valence-electron chi connectivity index (χ1n) is 6.88. The normalized spacial score (nSPS) is 14.2. The largest absolute Gasteiger partial charge is 0.389 e. The van der Waals surface area contributed by atoms with Crippen LogP contribution in [0.3, 0.4) is 0 Å². The molecule has 1 amide bonds. The van der Waals surface area contributed by atoms with Gasteiger partial charge in [0.2, 0.25) is 5.91 Å². The number of rotatable bonds is 11. The third-order valence-electron chi connectivity index (χ3n) is 2.55. The fraction of sp³-hybridized carbons (Fsp3) is 0.923. The molecule has 0 aromatic carbocycles. The van der Waals surface area contributed by atoms with Crippen LogP contribution in [0.5, 0.6) is 0 Å². The van der Waals surface area contributed by atoms with Crippen LogP contribution >= 0.6 is 0 Å². The van der Waals surface area contributed by atoms with Gasteiger partial charge in [0.05, 0.1) is 18.8 Å². The molecule has 0 radical (unpaired) electrons. The molecule has 0 aromatic heterocycles. The van der Waals surface area contributed by atoms with Crippen molar-refractivity contribution in [3.8, 4) is 0 Å². The Morgan fingerprint density at radius 3 is 2.67 bits per heavy atom. The molecular formula is C13H28N2O3. The van der Waals surface area contributed by atoms with Crippen molar-refractivity contribution < 1.29 is 14.6 Å². The molecule has 2 atom stereocenters. The molecule has 0 aliphatic rings. The van der Waals surface area contributed by atoms with Crippen LogP contribution in [0.1, 0.15) is 40.0 Å².